The lowest BCUT2D eigenvalue weighted by Crippen LogP contribution is -2.16. The lowest BCUT2D eigenvalue weighted by Gasteiger charge is -2.13. The Morgan fingerprint density at radius 1 is 1.14 bits per heavy atom. The first kappa shape index (κ1) is 20.8. The van der Waals surface area contributed by atoms with Gasteiger partial charge in [-0.1, -0.05) is 12.1 Å². The van der Waals surface area contributed by atoms with Crippen molar-refractivity contribution in [1.82, 2.24) is 4.90 Å². The zero-order valence-corrected chi connectivity index (χ0v) is 17.6. The summed E-state index contributed by atoms with van der Waals surface area (Å²) in [5, 5.41) is 2.91. The van der Waals surface area contributed by atoms with Crippen molar-refractivity contribution in [2.75, 3.05) is 31.8 Å². The highest BCUT2D eigenvalue weighted by atomic mass is 32.2. The minimum absolute atomic E-state index is 0.0334. The molecule has 0 bridgehead atoms. The molecule has 7 heteroatoms. The van der Waals surface area contributed by atoms with Crippen LogP contribution in [0.4, 0.5) is 10.5 Å². The molecule has 1 aliphatic rings. The Kier molecular flexibility index (Phi) is 7.42. The summed E-state index contributed by atoms with van der Waals surface area (Å²) in [4.78, 5) is 27.9. The second kappa shape index (κ2) is 10.0. The zero-order chi connectivity index (χ0) is 19.9. The van der Waals surface area contributed by atoms with E-state index in [4.69, 9.17) is 4.74 Å². The second-order valence-corrected chi connectivity index (χ2v) is 8.77. The van der Waals surface area contributed by atoms with Gasteiger partial charge in [0.2, 0.25) is 0 Å². The van der Waals surface area contributed by atoms with Crippen LogP contribution in [0.5, 0.6) is 0 Å². The highest BCUT2D eigenvalue weighted by Crippen LogP contribution is 2.28. The van der Waals surface area contributed by atoms with E-state index in [1.807, 2.05) is 48.5 Å². The first-order valence-corrected chi connectivity index (χ1v) is 11.0. The number of thioether (sulfide) groups is 2. The molecule has 0 spiro atoms. The van der Waals surface area contributed by atoms with Crippen LogP contribution in [0.1, 0.15) is 23.2 Å². The van der Waals surface area contributed by atoms with Gasteiger partial charge < -0.3 is 15.0 Å². The van der Waals surface area contributed by atoms with Gasteiger partial charge in [-0.3, -0.25) is 9.59 Å². The maximum atomic E-state index is 12.8. The van der Waals surface area contributed by atoms with Crippen molar-refractivity contribution in [1.29, 1.82) is 0 Å². The molecule has 2 aromatic carbocycles. The van der Waals surface area contributed by atoms with Crippen LogP contribution < -0.4 is 5.32 Å². The third-order valence-corrected chi connectivity index (χ3v) is 6.52. The Morgan fingerprint density at radius 3 is 2.57 bits per heavy atom. The van der Waals surface area contributed by atoms with Crippen LogP contribution in [0.3, 0.4) is 0 Å². The normalized spacial score (nSPS) is 16.0. The highest BCUT2D eigenvalue weighted by molar-refractivity contribution is 8.13. The topological polar surface area (TPSA) is 58.6 Å². The molecular formula is C21H24N2O3S2. The summed E-state index contributed by atoms with van der Waals surface area (Å²) in [6.07, 6.45) is 2.47. The number of nitrogens with one attached hydrogen (secondary N) is 1. The maximum absolute atomic E-state index is 12.8. The van der Waals surface area contributed by atoms with Gasteiger partial charge in [-0.25, -0.2) is 0 Å². The molecule has 2 aromatic rings. The smallest absolute Gasteiger partial charge is 0.285 e. The van der Waals surface area contributed by atoms with E-state index in [1.165, 1.54) is 4.90 Å². The molecule has 3 rings (SSSR count). The molecule has 1 aliphatic heterocycles. The van der Waals surface area contributed by atoms with Crippen molar-refractivity contribution in [2.45, 2.75) is 28.7 Å². The van der Waals surface area contributed by atoms with Gasteiger partial charge in [0, 0.05) is 41.9 Å². The summed E-state index contributed by atoms with van der Waals surface area (Å²) in [7, 11) is 3.44. The molecule has 0 saturated carbocycles. The van der Waals surface area contributed by atoms with E-state index in [1.54, 1.807) is 25.9 Å². The van der Waals surface area contributed by atoms with Crippen LogP contribution in [0, 0.1) is 0 Å². The van der Waals surface area contributed by atoms with Gasteiger partial charge in [-0.15, -0.1) is 11.8 Å². The molecule has 1 fully saturated rings. The number of hydrogen-bond acceptors (Lipinski definition) is 5. The summed E-state index contributed by atoms with van der Waals surface area (Å²) in [6, 6.07) is 14.9. The number of amides is 2. The summed E-state index contributed by atoms with van der Waals surface area (Å²) < 4.78 is 5.67. The summed E-state index contributed by atoms with van der Waals surface area (Å²) >= 11 is 2.82. The van der Waals surface area contributed by atoms with Crippen LogP contribution in [0.25, 0.3) is 0 Å². The van der Waals surface area contributed by atoms with E-state index in [9.17, 15) is 9.59 Å². The van der Waals surface area contributed by atoms with E-state index in [0.717, 1.165) is 46.8 Å². The van der Waals surface area contributed by atoms with Crippen molar-refractivity contribution < 1.29 is 14.3 Å². The van der Waals surface area contributed by atoms with Crippen LogP contribution in [-0.4, -0.2) is 48.6 Å². The van der Waals surface area contributed by atoms with E-state index in [0.29, 0.717) is 11.3 Å². The molecule has 0 aromatic heterocycles. The Hall–Kier alpha value is -1.96. The number of rotatable bonds is 6. The van der Waals surface area contributed by atoms with Crippen molar-refractivity contribution in [3.63, 3.8) is 0 Å². The Morgan fingerprint density at radius 2 is 1.89 bits per heavy atom. The van der Waals surface area contributed by atoms with Crippen LogP contribution in [-0.2, 0) is 4.74 Å². The number of benzene rings is 2. The number of hydrogen-bond donors (Lipinski definition) is 1. The quantitative estimate of drug-likeness (QED) is 0.673. The number of carbonyl (C=O) groups is 2. The van der Waals surface area contributed by atoms with Gasteiger partial charge in [-0.2, -0.15) is 0 Å². The van der Waals surface area contributed by atoms with Crippen LogP contribution in [0.15, 0.2) is 58.3 Å². The molecule has 0 aliphatic carbocycles. The Balaban J connectivity index is 1.62. The molecule has 148 valence electrons. The summed E-state index contributed by atoms with van der Waals surface area (Å²) in [6.45, 7) is 0.835. The Labute approximate surface area is 174 Å². The predicted octanol–water partition coefficient (Wildman–Crippen LogP) is 4.98. The van der Waals surface area contributed by atoms with Crippen molar-refractivity contribution in [3.8, 4) is 0 Å². The fourth-order valence-corrected chi connectivity index (χ4v) is 4.51. The van der Waals surface area contributed by atoms with E-state index in [-0.39, 0.29) is 17.3 Å². The van der Waals surface area contributed by atoms with E-state index < -0.39 is 0 Å². The third-order valence-electron chi connectivity index (χ3n) is 4.26. The second-order valence-electron chi connectivity index (χ2n) is 6.68. The standard InChI is InChI=1S/C21H24N2O3S2/c1-23(2)21(25)28-17-11-9-15(10-12-17)22-20(24)18-7-3-4-8-19(18)27-14-16-6-5-13-26-16/h3-4,7-12,16H,5-6,13-14H2,1-2H3,(H,22,24). The Bertz CT molecular complexity index is 819. The molecule has 5 nitrogen and oxygen atoms in total. The molecule has 1 N–H and O–H groups in total. The van der Waals surface area contributed by atoms with Crippen molar-refractivity contribution in [2.24, 2.45) is 0 Å². The van der Waals surface area contributed by atoms with Crippen LogP contribution >= 0.6 is 23.5 Å². The number of carbonyl (C=O) groups excluding carboxylic acids is 2. The molecule has 1 heterocycles. The van der Waals surface area contributed by atoms with Gasteiger partial charge in [0.25, 0.3) is 11.1 Å². The zero-order valence-electron chi connectivity index (χ0n) is 16.0. The summed E-state index contributed by atoms with van der Waals surface area (Å²) in [5.41, 5.74) is 1.36. The van der Waals surface area contributed by atoms with Crippen molar-refractivity contribution in [3.05, 3.63) is 54.1 Å². The fourth-order valence-electron chi connectivity index (χ4n) is 2.74. The molecule has 0 radical (unpaired) electrons. The fraction of sp³-hybridized carbons (Fsp3) is 0.333. The molecule has 2 amide bonds. The number of anilines is 1. The average Bonchev–Trinajstić information content (AvgIpc) is 3.21. The molecule has 1 atom stereocenters. The minimum Gasteiger partial charge on any atom is -0.377 e. The van der Waals surface area contributed by atoms with Crippen molar-refractivity contribution >= 4 is 40.4 Å². The lowest BCUT2D eigenvalue weighted by atomic mass is 10.2. The largest absolute Gasteiger partial charge is 0.377 e. The minimum atomic E-state index is -0.139. The lowest BCUT2D eigenvalue weighted by molar-refractivity contribution is 0.102. The maximum Gasteiger partial charge on any atom is 0.285 e. The average molecular weight is 417 g/mol. The van der Waals surface area contributed by atoms with E-state index >= 15 is 0 Å². The number of ether oxygens (including phenoxy) is 1. The predicted molar refractivity (Wildman–Crippen MR) is 115 cm³/mol. The van der Waals surface area contributed by atoms with Gasteiger partial charge in [-0.05, 0) is 61.0 Å². The van der Waals surface area contributed by atoms with Crippen LogP contribution in [0.2, 0.25) is 0 Å². The highest BCUT2D eigenvalue weighted by Gasteiger charge is 2.18. The first-order chi connectivity index (χ1) is 13.5. The van der Waals surface area contributed by atoms with Gasteiger partial charge in [0.15, 0.2) is 0 Å². The SMILES string of the molecule is CN(C)C(=O)Sc1ccc(NC(=O)c2ccccc2SCC2CCCO2)cc1. The first-order valence-electron chi connectivity index (χ1n) is 9.17. The third kappa shape index (κ3) is 5.77. The van der Waals surface area contributed by atoms with Gasteiger partial charge in [0.05, 0.1) is 11.7 Å². The monoisotopic (exact) mass is 416 g/mol. The number of nitrogens with zero attached hydrogens (tertiary/aromatic N) is 1. The van der Waals surface area contributed by atoms with Gasteiger partial charge >= 0.3 is 0 Å². The van der Waals surface area contributed by atoms with E-state index in [2.05, 4.69) is 5.32 Å². The molecule has 28 heavy (non-hydrogen) atoms. The molecule has 1 unspecified atom stereocenters. The summed E-state index contributed by atoms with van der Waals surface area (Å²) in [5.74, 6) is 0.719. The molecular weight excluding hydrogens is 392 g/mol. The van der Waals surface area contributed by atoms with Gasteiger partial charge in [0.1, 0.15) is 0 Å². The molecule has 1 saturated heterocycles.